The molecule has 0 aliphatic carbocycles. The van der Waals surface area contributed by atoms with Gasteiger partial charge in [0.2, 0.25) is 0 Å². The smallest absolute Gasteiger partial charge is 0.544 e. The first-order valence-corrected chi connectivity index (χ1v) is 4.27. The van der Waals surface area contributed by atoms with Crippen molar-refractivity contribution in [3.05, 3.63) is 0 Å². The quantitative estimate of drug-likeness (QED) is 0.469. The number of carboxylic acid groups (broad SMARTS) is 1. The van der Waals surface area contributed by atoms with Gasteiger partial charge in [-0.15, -0.1) is 0 Å². The van der Waals surface area contributed by atoms with Gasteiger partial charge >= 0.3 is 105 Å². The number of hydrogen-bond acceptors (Lipinski definition) is 2. The Labute approximate surface area is 171 Å². The molecular formula is C7HCsF12O2. The van der Waals surface area contributed by atoms with Gasteiger partial charge in [-0.05, 0) is 0 Å². The molecule has 0 bridgehead atoms. The van der Waals surface area contributed by atoms with Crippen molar-refractivity contribution in [3.8, 4) is 0 Å². The zero-order valence-electron chi connectivity index (χ0n) is 9.93. The maximum absolute atomic E-state index is 12.6. The van der Waals surface area contributed by atoms with E-state index in [1.54, 1.807) is 0 Å². The minimum atomic E-state index is -7.84. The van der Waals surface area contributed by atoms with Gasteiger partial charge in [-0.25, -0.2) is 8.78 Å². The van der Waals surface area contributed by atoms with E-state index in [1.807, 2.05) is 0 Å². The van der Waals surface area contributed by atoms with E-state index >= 15 is 0 Å². The number of halogens is 12. The van der Waals surface area contributed by atoms with E-state index < -0.39 is 42.0 Å². The Morgan fingerprint density at radius 1 is 0.727 bits per heavy atom. The van der Waals surface area contributed by atoms with Crippen LogP contribution in [0.3, 0.4) is 0 Å². The van der Waals surface area contributed by atoms with Crippen LogP contribution in [0.1, 0.15) is 0 Å². The molecule has 2 nitrogen and oxygen atoms in total. The average Bonchev–Trinajstić information content (AvgIpc) is 2.27. The summed E-state index contributed by atoms with van der Waals surface area (Å²) < 4.78 is 147. The summed E-state index contributed by atoms with van der Waals surface area (Å²) in [4.78, 5) is 9.57. The van der Waals surface area contributed by atoms with E-state index in [0.29, 0.717) is 0 Å². The number of rotatable bonds is 6. The van der Waals surface area contributed by atoms with Gasteiger partial charge < -0.3 is 9.90 Å². The Morgan fingerprint density at radius 3 is 1.27 bits per heavy atom. The summed E-state index contributed by atoms with van der Waals surface area (Å²) in [7, 11) is 0. The molecule has 126 valence electrons. The summed E-state index contributed by atoms with van der Waals surface area (Å²) in [5.74, 6) is -41.7. The van der Waals surface area contributed by atoms with Gasteiger partial charge in [0.1, 0.15) is 5.97 Å². The molecule has 0 saturated heterocycles. The normalized spacial score (nSPS) is 14.8. The van der Waals surface area contributed by atoms with Crippen molar-refractivity contribution in [2.45, 2.75) is 36.0 Å². The Bertz CT molecular complexity index is 420. The molecule has 0 aromatic rings. The van der Waals surface area contributed by atoms with Gasteiger partial charge in [0, 0.05) is 0 Å². The Balaban J connectivity index is 0. The molecule has 0 fully saturated rings. The summed E-state index contributed by atoms with van der Waals surface area (Å²) in [6.45, 7) is 0. The first-order valence-electron chi connectivity index (χ1n) is 4.27. The van der Waals surface area contributed by atoms with E-state index in [0.717, 1.165) is 0 Å². The Hall–Kier alpha value is 0.682. The Kier molecular flexibility index (Phi) is 7.81. The van der Waals surface area contributed by atoms with Gasteiger partial charge in [-0.3, -0.25) is 0 Å². The molecular weight excluding hydrogens is 477 g/mol. The molecule has 0 aliphatic heterocycles. The Morgan fingerprint density at radius 2 is 1.05 bits per heavy atom. The molecule has 0 atom stereocenters. The van der Waals surface area contributed by atoms with Crippen LogP contribution in [0.2, 0.25) is 0 Å². The topological polar surface area (TPSA) is 40.1 Å². The second kappa shape index (κ2) is 6.89. The van der Waals surface area contributed by atoms with E-state index in [4.69, 9.17) is 0 Å². The molecule has 0 heterocycles. The molecule has 0 unspecified atom stereocenters. The van der Waals surface area contributed by atoms with Crippen LogP contribution >= 0.6 is 0 Å². The molecule has 0 N–H and O–H groups in total. The molecule has 0 aromatic carbocycles. The van der Waals surface area contributed by atoms with Gasteiger partial charge in [0.05, 0.1) is 0 Å². The largest absolute Gasteiger partial charge is 1.00 e. The fraction of sp³-hybridized carbons (Fsp3) is 0.857. The average molecular weight is 478 g/mol. The molecule has 0 spiro atoms. The zero-order chi connectivity index (χ0) is 17.7. The fourth-order valence-corrected chi connectivity index (χ4v) is 0.869. The molecule has 0 aliphatic rings. The summed E-state index contributed by atoms with van der Waals surface area (Å²) in [5, 5.41) is 9.57. The number of aliphatic carboxylic acids is 1. The van der Waals surface area contributed by atoms with Crippen molar-refractivity contribution in [2.24, 2.45) is 0 Å². The minimum absolute atomic E-state index is 0. The molecule has 15 heteroatoms. The van der Waals surface area contributed by atoms with Crippen LogP contribution < -0.4 is 74.0 Å². The van der Waals surface area contributed by atoms with Gasteiger partial charge in [-0.1, -0.05) is 0 Å². The van der Waals surface area contributed by atoms with Crippen LogP contribution in [0.15, 0.2) is 0 Å². The molecule has 22 heavy (non-hydrogen) atoms. The third-order valence-electron chi connectivity index (χ3n) is 2.13. The maximum atomic E-state index is 12.6. The van der Waals surface area contributed by atoms with Crippen molar-refractivity contribution < 1.29 is 131 Å². The third kappa shape index (κ3) is 3.38. The molecule has 0 radical (unpaired) electrons. The second-order valence-electron chi connectivity index (χ2n) is 3.51. The second-order valence-corrected chi connectivity index (χ2v) is 3.51. The van der Waals surface area contributed by atoms with Gasteiger partial charge in [0.25, 0.3) is 0 Å². The van der Waals surface area contributed by atoms with Gasteiger partial charge in [-0.2, -0.15) is 43.9 Å². The van der Waals surface area contributed by atoms with Crippen LogP contribution in [0.5, 0.6) is 0 Å². The monoisotopic (exact) mass is 478 g/mol. The van der Waals surface area contributed by atoms with E-state index in [-0.39, 0.29) is 68.9 Å². The standard InChI is InChI=1S/C7H2F12O2.Cs/c8-1(9)3(10,11)5(14,15)7(18,19)6(16,17)4(12,13)2(20)21;/h1H,(H,20,21);/q;+1/p-1. The van der Waals surface area contributed by atoms with Crippen LogP contribution in [0.4, 0.5) is 52.7 Å². The number of carboxylic acids is 1. The van der Waals surface area contributed by atoms with Crippen LogP contribution in [0, 0.1) is 0 Å². The SMILES string of the molecule is O=C([O-])C(F)(F)C(F)(F)C(F)(F)C(F)(F)C(F)(F)C(F)F.[Cs+]. The summed E-state index contributed by atoms with van der Waals surface area (Å²) in [6, 6.07) is 0. The molecule has 0 aromatic heterocycles. The molecule has 0 rings (SSSR count). The first-order chi connectivity index (χ1) is 8.89. The fourth-order valence-electron chi connectivity index (χ4n) is 0.869. The number of carbonyl (C=O) groups excluding carboxylic acids is 1. The summed E-state index contributed by atoms with van der Waals surface area (Å²) in [6.07, 6.45) is -5.63. The van der Waals surface area contributed by atoms with E-state index in [9.17, 15) is 62.6 Å². The van der Waals surface area contributed by atoms with Crippen molar-refractivity contribution in [1.29, 1.82) is 0 Å². The van der Waals surface area contributed by atoms with Gasteiger partial charge in [0.15, 0.2) is 0 Å². The zero-order valence-corrected chi connectivity index (χ0v) is 16.2. The summed E-state index contributed by atoms with van der Waals surface area (Å²) in [5.41, 5.74) is 0. The van der Waals surface area contributed by atoms with Crippen molar-refractivity contribution in [3.63, 3.8) is 0 Å². The summed E-state index contributed by atoms with van der Waals surface area (Å²) >= 11 is 0. The third-order valence-corrected chi connectivity index (χ3v) is 2.13. The van der Waals surface area contributed by atoms with Crippen molar-refractivity contribution >= 4 is 5.97 Å². The van der Waals surface area contributed by atoms with Crippen LogP contribution in [0.25, 0.3) is 0 Å². The van der Waals surface area contributed by atoms with Crippen LogP contribution in [-0.2, 0) is 4.79 Å². The minimum Gasteiger partial charge on any atom is -0.544 e. The predicted octanol–water partition coefficient (Wildman–Crippen LogP) is -0.818. The predicted molar refractivity (Wildman–Crippen MR) is 35.7 cm³/mol. The molecule has 0 amide bonds. The van der Waals surface area contributed by atoms with E-state index in [1.165, 1.54) is 0 Å². The number of hydrogen-bond donors (Lipinski definition) is 0. The van der Waals surface area contributed by atoms with E-state index in [2.05, 4.69) is 0 Å². The van der Waals surface area contributed by atoms with Crippen molar-refractivity contribution in [1.82, 2.24) is 0 Å². The first kappa shape index (κ1) is 24.9. The number of carbonyl (C=O) groups is 1. The molecule has 0 saturated carbocycles. The maximum Gasteiger partial charge on any atom is 1.00 e. The van der Waals surface area contributed by atoms with Crippen LogP contribution in [-0.4, -0.2) is 42.0 Å². The number of alkyl halides is 12. The van der Waals surface area contributed by atoms with Crippen molar-refractivity contribution in [2.75, 3.05) is 0 Å².